The van der Waals surface area contributed by atoms with Crippen LogP contribution in [0.4, 0.5) is 0 Å². The topological polar surface area (TPSA) is 4.93 Å². The summed E-state index contributed by atoms with van der Waals surface area (Å²) in [5.74, 6) is 0. The average Bonchev–Trinajstić information content (AvgIpc) is 3.38. The summed E-state index contributed by atoms with van der Waals surface area (Å²) >= 11 is 3.18. The van der Waals surface area contributed by atoms with E-state index in [1.165, 1.54) is 0 Å². The summed E-state index contributed by atoms with van der Waals surface area (Å²) in [5.41, 5.74) is 3.95. The lowest BCUT2D eigenvalue weighted by atomic mass is 9.97. The van der Waals surface area contributed by atoms with E-state index in [1.54, 1.807) is 18.2 Å². The minimum atomic E-state index is -0.177. The molecule has 0 fully saturated rings. The third-order valence-corrected chi connectivity index (χ3v) is 6.92. The maximum atomic E-state index is 9.14. The fourth-order valence-corrected chi connectivity index (χ4v) is 5.17. The van der Waals surface area contributed by atoms with Crippen LogP contribution in [-0.4, -0.2) is 4.57 Å². The third-order valence-electron chi connectivity index (χ3n) is 6.53. The molecular weight excluding hydrogens is 502 g/mol. The highest BCUT2D eigenvalue weighted by Gasteiger charge is 2.18. The van der Waals surface area contributed by atoms with Crippen molar-refractivity contribution in [1.29, 1.82) is 0 Å². The van der Waals surface area contributed by atoms with Gasteiger partial charge in [-0.05, 0) is 69.4 Å². The van der Waals surface area contributed by atoms with E-state index in [0.717, 1.165) is 27.2 Å². The molecule has 0 amide bonds. The molecule has 1 aromatic heterocycles. The molecule has 0 spiro atoms. The first-order chi connectivity index (χ1) is 20.7. The van der Waals surface area contributed by atoms with Crippen LogP contribution in [-0.2, 0) is 0 Å². The van der Waals surface area contributed by atoms with E-state index in [-0.39, 0.29) is 52.3 Å². The van der Waals surface area contributed by atoms with E-state index in [9.17, 15) is 0 Å². The smallest absolute Gasteiger partial charge is 0.0645 e. The number of hydrogen-bond acceptors (Lipinski definition) is 0. The molecular formula is C34H22BrN. The molecule has 7 rings (SSSR count). The highest BCUT2D eigenvalue weighted by Crippen LogP contribution is 2.42. The molecule has 0 aliphatic heterocycles. The normalized spacial score (nSPS) is 14.2. The largest absolute Gasteiger partial charge is 0.309 e. The molecule has 0 radical (unpaired) electrons. The SMILES string of the molecule is [2H]c1c([2H])c(-c2cccc(-n3c4ccc5ccccc5c4c4c(-c5ccccc5)c([2H])c([2H])c([2H])c43)c2)c([2H])c([2H])c1Br. The van der Waals surface area contributed by atoms with Crippen LogP contribution >= 0.6 is 15.9 Å². The summed E-state index contributed by atoms with van der Waals surface area (Å²) in [5, 5.41) is 3.55. The first-order valence-electron chi connectivity index (χ1n) is 15.1. The second-order valence-electron chi connectivity index (χ2n) is 8.60. The van der Waals surface area contributed by atoms with E-state index in [2.05, 4.69) is 15.9 Å². The van der Waals surface area contributed by atoms with E-state index in [4.69, 9.17) is 9.60 Å². The Kier molecular flexibility index (Phi) is 3.56. The van der Waals surface area contributed by atoms with Crippen LogP contribution in [0.2, 0.25) is 0 Å². The van der Waals surface area contributed by atoms with Gasteiger partial charge in [-0.25, -0.2) is 0 Å². The molecule has 0 unspecified atom stereocenters. The Balaban J connectivity index is 1.66. The molecule has 1 heterocycles. The van der Waals surface area contributed by atoms with Gasteiger partial charge in [-0.1, -0.05) is 113 Å². The molecule has 0 atom stereocenters. The molecule has 2 heteroatoms. The highest BCUT2D eigenvalue weighted by molar-refractivity contribution is 9.10. The predicted octanol–water partition coefficient (Wildman–Crippen LogP) is 10.0. The molecule has 0 aliphatic carbocycles. The van der Waals surface area contributed by atoms with Crippen molar-refractivity contribution in [2.45, 2.75) is 0 Å². The predicted molar refractivity (Wildman–Crippen MR) is 157 cm³/mol. The molecule has 6 aromatic carbocycles. The minimum Gasteiger partial charge on any atom is -0.309 e. The number of fused-ring (bicyclic) bond motifs is 5. The molecule has 0 saturated heterocycles. The van der Waals surface area contributed by atoms with Crippen LogP contribution in [0.15, 0.2) is 138 Å². The maximum Gasteiger partial charge on any atom is 0.0645 e. The zero-order valence-electron chi connectivity index (χ0n) is 26.0. The van der Waals surface area contributed by atoms with Crippen molar-refractivity contribution in [3.8, 4) is 27.9 Å². The van der Waals surface area contributed by atoms with Gasteiger partial charge in [-0.3, -0.25) is 0 Å². The molecule has 36 heavy (non-hydrogen) atoms. The van der Waals surface area contributed by atoms with Crippen molar-refractivity contribution in [1.82, 2.24) is 4.57 Å². The fraction of sp³-hybridized carbons (Fsp3) is 0. The van der Waals surface area contributed by atoms with Crippen LogP contribution < -0.4 is 0 Å². The number of rotatable bonds is 3. The van der Waals surface area contributed by atoms with Gasteiger partial charge in [0.25, 0.3) is 0 Å². The number of hydrogen-bond donors (Lipinski definition) is 0. The Hall–Kier alpha value is -4.14. The van der Waals surface area contributed by atoms with Crippen molar-refractivity contribution in [2.75, 3.05) is 0 Å². The van der Waals surface area contributed by atoms with Gasteiger partial charge in [0.2, 0.25) is 0 Å². The van der Waals surface area contributed by atoms with Crippen molar-refractivity contribution in [3.05, 3.63) is 138 Å². The standard InChI is InChI=1S/C34H22BrN/c35-27-19-16-23(17-20-27)26-11-6-12-28(22-26)36-31-15-7-14-30(24-8-2-1-3-9-24)33(31)34-29-13-5-4-10-25(29)18-21-32(34)36/h1-22H/i7D,14D,15D,16D,17D,19D,20D. The lowest BCUT2D eigenvalue weighted by Gasteiger charge is -2.11. The van der Waals surface area contributed by atoms with E-state index < -0.39 is 0 Å². The number of benzene rings is 6. The van der Waals surface area contributed by atoms with Gasteiger partial charge in [-0.15, -0.1) is 0 Å². The quantitative estimate of drug-likeness (QED) is 0.214. The Morgan fingerprint density at radius 1 is 0.583 bits per heavy atom. The zero-order valence-corrected chi connectivity index (χ0v) is 20.6. The van der Waals surface area contributed by atoms with Gasteiger partial charge >= 0.3 is 0 Å². The molecule has 0 saturated carbocycles. The number of halogens is 1. The molecule has 0 aliphatic rings. The van der Waals surface area contributed by atoms with Crippen LogP contribution in [0.3, 0.4) is 0 Å². The molecule has 1 nitrogen and oxygen atoms in total. The van der Waals surface area contributed by atoms with E-state index in [1.807, 2.05) is 77.4 Å². The Morgan fingerprint density at radius 3 is 2.22 bits per heavy atom. The van der Waals surface area contributed by atoms with E-state index in [0.29, 0.717) is 27.7 Å². The van der Waals surface area contributed by atoms with Gasteiger partial charge in [0.05, 0.1) is 20.6 Å². The van der Waals surface area contributed by atoms with Crippen LogP contribution in [0.25, 0.3) is 60.5 Å². The van der Waals surface area contributed by atoms with Crippen LogP contribution in [0.1, 0.15) is 9.60 Å². The van der Waals surface area contributed by atoms with Crippen molar-refractivity contribution < 1.29 is 9.60 Å². The van der Waals surface area contributed by atoms with Gasteiger partial charge in [0.1, 0.15) is 0 Å². The Morgan fingerprint density at radius 2 is 1.36 bits per heavy atom. The summed E-state index contributed by atoms with van der Waals surface area (Å²) < 4.78 is 62.9. The first kappa shape index (κ1) is 15.1. The molecule has 7 aromatic rings. The second-order valence-corrected chi connectivity index (χ2v) is 9.39. The number of nitrogens with zero attached hydrogens (tertiary/aromatic N) is 1. The number of aromatic nitrogens is 1. The summed E-state index contributed by atoms with van der Waals surface area (Å²) in [6.45, 7) is 0. The van der Waals surface area contributed by atoms with Crippen LogP contribution in [0, 0.1) is 0 Å². The van der Waals surface area contributed by atoms with Gasteiger partial charge in [-0.2, -0.15) is 0 Å². The lowest BCUT2D eigenvalue weighted by molar-refractivity contribution is 1.18. The maximum absolute atomic E-state index is 9.14. The zero-order chi connectivity index (χ0) is 30.2. The van der Waals surface area contributed by atoms with Crippen LogP contribution in [0.5, 0.6) is 0 Å². The van der Waals surface area contributed by atoms with Gasteiger partial charge in [0, 0.05) is 20.9 Å². The minimum absolute atomic E-state index is 0.0112. The molecule has 0 N–H and O–H groups in total. The monoisotopic (exact) mass is 530 g/mol. The van der Waals surface area contributed by atoms with Gasteiger partial charge < -0.3 is 4.57 Å². The lowest BCUT2D eigenvalue weighted by Crippen LogP contribution is -1.94. The summed E-state index contributed by atoms with van der Waals surface area (Å²) in [6.07, 6.45) is 0. The Bertz CT molecular complexity index is 2250. The third kappa shape index (κ3) is 3.37. The Labute approximate surface area is 228 Å². The van der Waals surface area contributed by atoms with Gasteiger partial charge in [0.15, 0.2) is 0 Å². The highest BCUT2D eigenvalue weighted by atomic mass is 79.9. The summed E-state index contributed by atoms with van der Waals surface area (Å²) in [4.78, 5) is 0. The molecule has 0 bridgehead atoms. The average molecular weight is 532 g/mol. The van der Waals surface area contributed by atoms with Crippen molar-refractivity contribution >= 4 is 48.5 Å². The van der Waals surface area contributed by atoms with Crippen molar-refractivity contribution in [2.24, 2.45) is 0 Å². The van der Waals surface area contributed by atoms with E-state index >= 15 is 0 Å². The second kappa shape index (κ2) is 8.51. The first-order valence-corrected chi connectivity index (χ1v) is 12.4. The molecule has 170 valence electrons. The van der Waals surface area contributed by atoms with Crippen molar-refractivity contribution in [3.63, 3.8) is 0 Å². The summed E-state index contributed by atoms with van der Waals surface area (Å²) in [6, 6.07) is 27.9. The summed E-state index contributed by atoms with van der Waals surface area (Å²) in [7, 11) is 0. The fourth-order valence-electron chi connectivity index (χ4n) is 4.97.